The van der Waals surface area contributed by atoms with E-state index < -0.39 is 0 Å². The molecule has 0 radical (unpaired) electrons. The van der Waals surface area contributed by atoms with Gasteiger partial charge in [-0.2, -0.15) is 0 Å². The van der Waals surface area contributed by atoms with Gasteiger partial charge < -0.3 is 4.74 Å². The molecule has 1 saturated carbocycles. The molecule has 15 heavy (non-hydrogen) atoms. The van der Waals surface area contributed by atoms with E-state index >= 15 is 0 Å². The minimum Gasteiger partial charge on any atom is -0.490 e. The van der Waals surface area contributed by atoms with E-state index in [1.54, 1.807) is 6.92 Å². The molecular formula is C12H13BrO2. The van der Waals surface area contributed by atoms with Crippen molar-refractivity contribution in [3.8, 4) is 5.75 Å². The van der Waals surface area contributed by atoms with E-state index in [-0.39, 0.29) is 5.78 Å². The van der Waals surface area contributed by atoms with Gasteiger partial charge in [-0.25, -0.2) is 0 Å². The number of halogens is 1. The van der Waals surface area contributed by atoms with E-state index in [4.69, 9.17) is 4.74 Å². The molecule has 1 aliphatic carbocycles. The van der Waals surface area contributed by atoms with Crippen molar-refractivity contribution < 1.29 is 9.53 Å². The van der Waals surface area contributed by atoms with Gasteiger partial charge in [0.05, 0.1) is 11.7 Å². The molecule has 0 unspecified atom stereocenters. The number of rotatable bonds is 3. The summed E-state index contributed by atoms with van der Waals surface area (Å²) in [6, 6.07) is 5.58. The monoisotopic (exact) mass is 268 g/mol. The van der Waals surface area contributed by atoms with Crippen molar-refractivity contribution in [2.75, 3.05) is 0 Å². The Morgan fingerprint density at radius 1 is 1.47 bits per heavy atom. The lowest BCUT2D eigenvalue weighted by molar-refractivity contribution is 0.0983. The average Bonchev–Trinajstić information content (AvgIpc) is 2.12. The number of benzene rings is 1. The van der Waals surface area contributed by atoms with Crippen LogP contribution in [-0.2, 0) is 0 Å². The van der Waals surface area contributed by atoms with Gasteiger partial charge in [0.15, 0.2) is 5.78 Å². The fraction of sp³-hybridized carbons (Fsp3) is 0.417. The van der Waals surface area contributed by atoms with Crippen LogP contribution in [0.3, 0.4) is 0 Å². The molecule has 1 fully saturated rings. The third kappa shape index (κ3) is 2.40. The standard InChI is InChI=1S/C12H13BrO2/c1-8(14)11-7-9(13)5-6-12(11)15-10-3-2-4-10/h5-7,10H,2-4H2,1H3. The van der Waals surface area contributed by atoms with Crippen LogP contribution in [0.4, 0.5) is 0 Å². The molecule has 0 atom stereocenters. The number of Topliss-reactive ketones (excluding diaryl/α,β-unsaturated/α-hetero) is 1. The fourth-order valence-corrected chi connectivity index (χ4v) is 1.91. The van der Waals surface area contributed by atoms with Gasteiger partial charge in [-0.05, 0) is 44.4 Å². The number of hydrogen-bond acceptors (Lipinski definition) is 2. The first-order valence-electron chi connectivity index (χ1n) is 5.14. The molecule has 2 nitrogen and oxygen atoms in total. The highest BCUT2D eigenvalue weighted by Crippen LogP contribution is 2.29. The van der Waals surface area contributed by atoms with Crippen molar-refractivity contribution in [1.82, 2.24) is 0 Å². The van der Waals surface area contributed by atoms with Crippen molar-refractivity contribution in [2.45, 2.75) is 32.3 Å². The normalized spacial score (nSPS) is 15.9. The van der Waals surface area contributed by atoms with Gasteiger partial charge >= 0.3 is 0 Å². The van der Waals surface area contributed by atoms with Crippen molar-refractivity contribution in [3.63, 3.8) is 0 Å². The summed E-state index contributed by atoms with van der Waals surface area (Å²) in [6.45, 7) is 1.56. The van der Waals surface area contributed by atoms with E-state index in [2.05, 4.69) is 15.9 Å². The molecule has 0 aliphatic heterocycles. The smallest absolute Gasteiger partial charge is 0.163 e. The Bertz CT molecular complexity index is 383. The highest BCUT2D eigenvalue weighted by molar-refractivity contribution is 9.10. The summed E-state index contributed by atoms with van der Waals surface area (Å²) in [6.07, 6.45) is 3.75. The maximum absolute atomic E-state index is 11.4. The van der Waals surface area contributed by atoms with Crippen molar-refractivity contribution in [3.05, 3.63) is 28.2 Å². The lowest BCUT2D eigenvalue weighted by Crippen LogP contribution is -2.25. The Hall–Kier alpha value is -0.830. The minimum atomic E-state index is 0.0469. The Morgan fingerprint density at radius 2 is 2.20 bits per heavy atom. The van der Waals surface area contributed by atoms with Gasteiger partial charge in [-0.15, -0.1) is 0 Å². The highest BCUT2D eigenvalue weighted by Gasteiger charge is 2.21. The summed E-state index contributed by atoms with van der Waals surface area (Å²) in [5.41, 5.74) is 0.663. The van der Waals surface area contributed by atoms with E-state index in [0.717, 1.165) is 23.1 Å². The minimum absolute atomic E-state index is 0.0469. The highest BCUT2D eigenvalue weighted by atomic mass is 79.9. The van der Waals surface area contributed by atoms with Gasteiger partial charge in [-0.1, -0.05) is 15.9 Å². The zero-order chi connectivity index (χ0) is 10.8. The number of ketones is 1. The Morgan fingerprint density at radius 3 is 2.73 bits per heavy atom. The summed E-state index contributed by atoms with van der Waals surface area (Å²) < 4.78 is 6.67. The third-order valence-electron chi connectivity index (χ3n) is 2.67. The zero-order valence-electron chi connectivity index (χ0n) is 8.63. The fourth-order valence-electron chi connectivity index (χ4n) is 1.55. The van der Waals surface area contributed by atoms with E-state index in [0.29, 0.717) is 11.7 Å². The molecule has 0 spiro atoms. The SMILES string of the molecule is CC(=O)c1cc(Br)ccc1OC1CCC1. The van der Waals surface area contributed by atoms with Gasteiger partial charge in [0.25, 0.3) is 0 Å². The molecule has 0 amide bonds. The topological polar surface area (TPSA) is 26.3 Å². The van der Waals surface area contributed by atoms with Gasteiger partial charge in [0, 0.05) is 4.47 Å². The molecule has 1 aromatic rings. The van der Waals surface area contributed by atoms with Crippen LogP contribution in [0.25, 0.3) is 0 Å². The number of ether oxygens (including phenoxy) is 1. The molecule has 3 heteroatoms. The second-order valence-electron chi connectivity index (χ2n) is 3.87. The van der Waals surface area contributed by atoms with Crippen LogP contribution >= 0.6 is 15.9 Å². The van der Waals surface area contributed by atoms with Crippen molar-refractivity contribution >= 4 is 21.7 Å². The first-order valence-corrected chi connectivity index (χ1v) is 5.93. The maximum Gasteiger partial charge on any atom is 0.163 e. The van der Waals surface area contributed by atoms with Crippen molar-refractivity contribution in [1.29, 1.82) is 0 Å². The number of hydrogen-bond donors (Lipinski definition) is 0. The molecule has 0 aromatic heterocycles. The lowest BCUT2D eigenvalue weighted by atomic mass is 9.96. The first kappa shape index (κ1) is 10.7. The second kappa shape index (κ2) is 4.35. The summed E-state index contributed by atoms with van der Waals surface area (Å²) in [4.78, 5) is 11.4. The van der Waals surface area contributed by atoms with Crippen LogP contribution in [0.1, 0.15) is 36.5 Å². The quantitative estimate of drug-likeness (QED) is 0.784. The summed E-state index contributed by atoms with van der Waals surface area (Å²) in [5, 5.41) is 0. The largest absolute Gasteiger partial charge is 0.490 e. The number of carbonyl (C=O) groups is 1. The van der Waals surface area contributed by atoms with Crippen LogP contribution in [0.15, 0.2) is 22.7 Å². The lowest BCUT2D eigenvalue weighted by Gasteiger charge is -2.27. The predicted octanol–water partition coefficient (Wildman–Crippen LogP) is 3.58. The molecule has 0 N–H and O–H groups in total. The Kier molecular flexibility index (Phi) is 3.10. The second-order valence-corrected chi connectivity index (χ2v) is 4.78. The molecule has 80 valence electrons. The van der Waals surface area contributed by atoms with Gasteiger partial charge in [0.2, 0.25) is 0 Å². The summed E-state index contributed by atoms with van der Waals surface area (Å²) >= 11 is 3.35. The van der Waals surface area contributed by atoms with E-state index in [1.807, 2.05) is 18.2 Å². The molecule has 2 rings (SSSR count). The van der Waals surface area contributed by atoms with Crippen LogP contribution in [0.2, 0.25) is 0 Å². The molecular weight excluding hydrogens is 256 g/mol. The van der Waals surface area contributed by atoms with Crippen LogP contribution in [0.5, 0.6) is 5.75 Å². The maximum atomic E-state index is 11.4. The van der Waals surface area contributed by atoms with E-state index in [1.165, 1.54) is 6.42 Å². The molecule has 1 aromatic carbocycles. The molecule has 0 saturated heterocycles. The zero-order valence-corrected chi connectivity index (χ0v) is 10.2. The van der Waals surface area contributed by atoms with Crippen LogP contribution in [-0.4, -0.2) is 11.9 Å². The Labute approximate surface area is 97.8 Å². The average molecular weight is 269 g/mol. The predicted molar refractivity (Wildman–Crippen MR) is 62.4 cm³/mol. The van der Waals surface area contributed by atoms with Gasteiger partial charge in [-0.3, -0.25) is 4.79 Å². The van der Waals surface area contributed by atoms with E-state index in [9.17, 15) is 4.79 Å². The Balaban J connectivity index is 2.23. The van der Waals surface area contributed by atoms with Gasteiger partial charge in [0.1, 0.15) is 5.75 Å². The first-order chi connectivity index (χ1) is 7.16. The van der Waals surface area contributed by atoms with Crippen LogP contribution in [0, 0.1) is 0 Å². The third-order valence-corrected chi connectivity index (χ3v) is 3.16. The van der Waals surface area contributed by atoms with Crippen molar-refractivity contribution in [2.24, 2.45) is 0 Å². The molecule has 1 aliphatic rings. The van der Waals surface area contributed by atoms with Crippen LogP contribution < -0.4 is 4.74 Å². The molecule has 0 heterocycles. The number of carbonyl (C=O) groups excluding carboxylic acids is 1. The summed E-state index contributed by atoms with van der Waals surface area (Å²) in [7, 11) is 0. The molecule has 0 bridgehead atoms. The summed E-state index contributed by atoms with van der Waals surface area (Å²) in [5.74, 6) is 0.765.